The van der Waals surface area contributed by atoms with Crippen LogP contribution in [-0.2, 0) is 52.3 Å². The summed E-state index contributed by atoms with van der Waals surface area (Å²) >= 11 is 0. The normalized spacial score (nSPS) is 16.8. The third-order valence-corrected chi connectivity index (χ3v) is 8.81. The van der Waals surface area contributed by atoms with E-state index in [0.29, 0.717) is 79.0 Å². The third-order valence-electron chi connectivity index (χ3n) is 8.81. The van der Waals surface area contributed by atoms with E-state index in [0.717, 1.165) is 12.8 Å². The fraction of sp³-hybridized carbons (Fsp3) is 0.919. The lowest BCUT2D eigenvalue weighted by Crippen LogP contribution is -2.37. The number of carbonyl (C=O) groups is 3. The fourth-order valence-corrected chi connectivity index (χ4v) is 4.71. The highest BCUT2D eigenvalue weighted by Gasteiger charge is 2.44. The molecule has 0 aliphatic carbocycles. The Kier molecular flexibility index (Phi) is 21.4. The van der Waals surface area contributed by atoms with Gasteiger partial charge < -0.3 is 43.2 Å². The summed E-state index contributed by atoms with van der Waals surface area (Å²) in [5, 5.41) is 2.84. The first kappa shape index (κ1) is 46.3. The van der Waals surface area contributed by atoms with Crippen LogP contribution in [0, 0.1) is 11.3 Å². The number of methoxy groups -OCH3 is 2. The van der Waals surface area contributed by atoms with Crippen molar-refractivity contribution in [2.75, 3.05) is 93.4 Å². The van der Waals surface area contributed by atoms with Gasteiger partial charge in [-0.05, 0) is 66.2 Å². The molecule has 0 aromatic heterocycles. The summed E-state index contributed by atoms with van der Waals surface area (Å²) in [4.78, 5) is 38.6. The van der Waals surface area contributed by atoms with Crippen LogP contribution in [0.25, 0.3) is 0 Å². The van der Waals surface area contributed by atoms with Crippen LogP contribution in [-0.4, -0.2) is 139 Å². The van der Waals surface area contributed by atoms with E-state index >= 15 is 0 Å². The molecule has 2 unspecified atom stereocenters. The number of hydrogen-bond acceptors (Lipinski definition) is 11. The maximum absolute atomic E-state index is 12.6. The molecular formula is C37H70N2O11. The van der Waals surface area contributed by atoms with E-state index in [4.69, 9.17) is 37.9 Å². The first-order valence-corrected chi connectivity index (χ1v) is 18.1. The van der Waals surface area contributed by atoms with Crippen molar-refractivity contribution in [2.24, 2.45) is 11.3 Å². The molecule has 1 fully saturated rings. The van der Waals surface area contributed by atoms with E-state index in [1.54, 1.807) is 14.2 Å². The number of rotatable bonds is 29. The Labute approximate surface area is 302 Å². The fourth-order valence-electron chi connectivity index (χ4n) is 4.71. The Hall–Kier alpha value is -1.71. The highest BCUT2D eigenvalue weighted by Crippen LogP contribution is 2.35. The molecule has 1 saturated heterocycles. The molecule has 1 heterocycles. The highest BCUT2D eigenvalue weighted by atomic mass is 16.6. The Morgan fingerprint density at radius 1 is 0.760 bits per heavy atom. The van der Waals surface area contributed by atoms with Crippen LogP contribution >= 0.6 is 0 Å². The topological polar surface area (TPSA) is 140 Å². The van der Waals surface area contributed by atoms with Gasteiger partial charge in [-0.2, -0.15) is 0 Å². The van der Waals surface area contributed by atoms with Gasteiger partial charge in [0.1, 0.15) is 6.10 Å². The van der Waals surface area contributed by atoms with Crippen molar-refractivity contribution in [3.05, 3.63) is 0 Å². The molecule has 0 spiro atoms. The highest BCUT2D eigenvalue weighted by molar-refractivity contribution is 6.04. The van der Waals surface area contributed by atoms with E-state index < -0.39 is 0 Å². The second kappa shape index (κ2) is 23.1. The predicted octanol–water partition coefficient (Wildman–Crippen LogP) is 4.18. The van der Waals surface area contributed by atoms with Gasteiger partial charge in [-0.3, -0.25) is 19.3 Å². The monoisotopic (exact) mass is 718 g/mol. The lowest BCUT2D eigenvalue weighted by molar-refractivity contribution is -0.140. The van der Waals surface area contributed by atoms with Gasteiger partial charge in [0, 0.05) is 60.0 Å². The number of carbonyl (C=O) groups excluding carboxylic acids is 3. The van der Waals surface area contributed by atoms with Crippen molar-refractivity contribution >= 4 is 17.7 Å². The number of nitrogens with zero attached hydrogens (tertiary/aromatic N) is 1. The maximum Gasteiger partial charge on any atom is 0.233 e. The number of likely N-dealkylation sites (tertiary alicyclic amines) is 1. The third kappa shape index (κ3) is 20.4. The van der Waals surface area contributed by atoms with Gasteiger partial charge in [0.15, 0.2) is 0 Å². The van der Waals surface area contributed by atoms with Crippen LogP contribution in [0.5, 0.6) is 0 Å². The van der Waals surface area contributed by atoms with Crippen LogP contribution in [0.2, 0.25) is 0 Å². The second-order valence-electron chi connectivity index (χ2n) is 15.8. The van der Waals surface area contributed by atoms with Gasteiger partial charge in [0.25, 0.3) is 0 Å². The molecule has 3 amide bonds. The molecule has 0 radical (unpaired) electrons. The van der Waals surface area contributed by atoms with Gasteiger partial charge in [-0.1, -0.05) is 20.8 Å². The molecule has 0 aromatic carbocycles. The van der Waals surface area contributed by atoms with Crippen molar-refractivity contribution in [3.8, 4) is 0 Å². The van der Waals surface area contributed by atoms with Crippen molar-refractivity contribution in [2.45, 2.75) is 117 Å². The average molecular weight is 719 g/mol. The molecule has 1 N–H and O–H groups in total. The summed E-state index contributed by atoms with van der Waals surface area (Å²) in [6.45, 7) is 22.9. The molecule has 50 heavy (non-hydrogen) atoms. The predicted molar refractivity (Wildman–Crippen MR) is 191 cm³/mol. The van der Waals surface area contributed by atoms with Gasteiger partial charge in [0.05, 0.1) is 69.0 Å². The zero-order valence-corrected chi connectivity index (χ0v) is 33.1. The molecule has 13 heteroatoms. The Balaban J connectivity index is 2.37. The molecule has 1 rings (SSSR count). The van der Waals surface area contributed by atoms with Crippen LogP contribution in [0.3, 0.4) is 0 Å². The number of imide groups is 1. The summed E-state index contributed by atoms with van der Waals surface area (Å²) in [5.41, 5.74) is -1.21. The molecular weight excluding hydrogens is 648 g/mol. The average Bonchev–Trinajstić information content (AvgIpc) is 3.34. The minimum Gasteiger partial charge on any atom is -0.379 e. The first-order valence-electron chi connectivity index (χ1n) is 18.1. The van der Waals surface area contributed by atoms with Crippen molar-refractivity contribution in [3.63, 3.8) is 0 Å². The molecule has 1 aliphatic heterocycles. The number of amides is 3. The SMILES string of the molecule is COC(C)(C)CCOCCOCC(COCCCNC(=O)CCN1C(=O)CC(C(C)(C)C)C1=O)OCCOCCC(C)(C)OCC(C)(C)OC. The second-order valence-corrected chi connectivity index (χ2v) is 15.8. The van der Waals surface area contributed by atoms with Crippen LogP contribution in [0.15, 0.2) is 0 Å². The van der Waals surface area contributed by atoms with Crippen LogP contribution < -0.4 is 5.32 Å². The molecule has 2 atom stereocenters. The molecule has 0 aromatic rings. The zero-order valence-electron chi connectivity index (χ0n) is 33.1. The van der Waals surface area contributed by atoms with Crippen LogP contribution in [0.4, 0.5) is 0 Å². The molecule has 294 valence electrons. The Morgan fingerprint density at radius 3 is 1.90 bits per heavy atom. The van der Waals surface area contributed by atoms with Crippen molar-refractivity contribution in [1.82, 2.24) is 10.2 Å². The van der Waals surface area contributed by atoms with Gasteiger partial charge >= 0.3 is 0 Å². The van der Waals surface area contributed by atoms with Gasteiger partial charge in [-0.25, -0.2) is 0 Å². The zero-order chi connectivity index (χ0) is 37.8. The smallest absolute Gasteiger partial charge is 0.233 e. The largest absolute Gasteiger partial charge is 0.379 e. The standard InChI is InChI=1S/C37H70N2O11/c1-34(2,3)30-25-32(41)39(33(30)42)17-13-31(40)38-16-12-18-47-26-29(27-48-22-21-45-19-14-35(4,5)43-10)49-24-23-46-20-15-36(6,7)50-28-37(8,9)44-11/h29-30H,12-28H2,1-11H3,(H,38,40). The summed E-state index contributed by atoms with van der Waals surface area (Å²) in [5.74, 6) is -0.948. The summed E-state index contributed by atoms with van der Waals surface area (Å²) in [6, 6.07) is 0. The molecule has 0 saturated carbocycles. The number of ether oxygens (including phenoxy) is 8. The lowest BCUT2D eigenvalue weighted by atomic mass is 9.80. The minimum atomic E-state index is -0.346. The summed E-state index contributed by atoms with van der Waals surface area (Å²) in [6.07, 6.45) is 2.09. The van der Waals surface area contributed by atoms with Crippen molar-refractivity contribution in [1.29, 1.82) is 0 Å². The van der Waals surface area contributed by atoms with Gasteiger partial charge in [0.2, 0.25) is 17.7 Å². The van der Waals surface area contributed by atoms with E-state index in [2.05, 4.69) is 5.32 Å². The summed E-state index contributed by atoms with van der Waals surface area (Å²) in [7, 11) is 3.37. The van der Waals surface area contributed by atoms with E-state index in [1.165, 1.54) is 4.90 Å². The summed E-state index contributed by atoms with van der Waals surface area (Å²) < 4.78 is 46.1. The Morgan fingerprint density at radius 2 is 1.32 bits per heavy atom. The van der Waals surface area contributed by atoms with Crippen molar-refractivity contribution < 1.29 is 52.3 Å². The van der Waals surface area contributed by atoms with E-state index in [-0.39, 0.29) is 71.3 Å². The number of nitrogens with one attached hydrogen (secondary N) is 1. The minimum absolute atomic E-state index is 0.0783. The van der Waals surface area contributed by atoms with E-state index in [9.17, 15) is 14.4 Å². The first-order chi connectivity index (χ1) is 23.3. The van der Waals surface area contributed by atoms with E-state index in [1.807, 2.05) is 62.3 Å². The quantitative estimate of drug-likeness (QED) is 0.0880. The molecule has 0 bridgehead atoms. The molecule has 13 nitrogen and oxygen atoms in total. The maximum atomic E-state index is 12.6. The number of hydrogen-bond donors (Lipinski definition) is 1. The van der Waals surface area contributed by atoms with Crippen LogP contribution in [0.1, 0.15) is 94.4 Å². The lowest BCUT2D eigenvalue weighted by Gasteiger charge is -2.31. The Bertz CT molecular complexity index is 981. The molecule has 1 aliphatic rings. The van der Waals surface area contributed by atoms with Gasteiger partial charge in [-0.15, -0.1) is 0 Å².